The fourth-order valence-electron chi connectivity index (χ4n) is 2.11. The van der Waals surface area contributed by atoms with Crippen molar-refractivity contribution in [2.24, 2.45) is 5.73 Å². The molecule has 0 aromatic heterocycles. The van der Waals surface area contributed by atoms with Crippen LogP contribution in [0.15, 0.2) is 18.2 Å². The van der Waals surface area contributed by atoms with Gasteiger partial charge >= 0.3 is 0 Å². The smallest absolute Gasteiger partial charge is 0.237 e. The minimum atomic E-state index is -0.461. The van der Waals surface area contributed by atoms with Gasteiger partial charge in [-0.05, 0) is 43.0 Å². The van der Waals surface area contributed by atoms with E-state index in [-0.39, 0.29) is 11.9 Å². The summed E-state index contributed by atoms with van der Waals surface area (Å²) in [5.74, 6) is 2.24. The number of nitrogens with two attached hydrogens (primary N) is 1. The molecule has 1 amide bonds. The Balaban J connectivity index is 1.96. The molecule has 0 radical (unpaired) electrons. The summed E-state index contributed by atoms with van der Waals surface area (Å²) in [6.07, 6.45) is 2.68. The Kier molecular flexibility index (Phi) is 5.76. The molecular formula is C15H22N2O3S. The molecule has 2 atom stereocenters. The predicted molar refractivity (Wildman–Crippen MR) is 85.0 cm³/mol. The molecule has 1 heterocycles. The van der Waals surface area contributed by atoms with Gasteiger partial charge in [-0.1, -0.05) is 6.07 Å². The predicted octanol–water partition coefficient (Wildman–Crippen LogP) is 1.72. The van der Waals surface area contributed by atoms with E-state index in [9.17, 15) is 4.79 Å². The van der Waals surface area contributed by atoms with E-state index >= 15 is 0 Å². The summed E-state index contributed by atoms with van der Waals surface area (Å²) >= 11 is 1.69. The number of carbonyl (C=O) groups is 1. The maximum Gasteiger partial charge on any atom is 0.237 e. The second kappa shape index (κ2) is 7.56. The van der Waals surface area contributed by atoms with E-state index in [2.05, 4.69) is 5.32 Å². The number of benzene rings is 1. The average molecular weight is 310 g/mol. The molecule has 3 N–H and O–H groups in total. The molecular weight excluding hydrogens is 288 g/mol. The molecule has 0 saturated heterocycles. The Hall–Kier alpha value is -1.40. The minimum Gasteiger partial charge on any atom is -0.486 e. The van der Waals surface area contributed by atoms with Crippen LogP contribution in [0.4, 0.5) is 0 Å². The topological polar surface area (TPSA) is 73.6 Å². The van der Waals surface area contributed by atoms with Crippen LogP contribution in [0.5, 0.6) is 11.5 Å². The fourth-order valence-corrected chi connectivity index (χ4v) is 2.60. The van der Waals surface area contributed by atoms with Crippen LogP contribution >= 0.6 is 11.8 Å². The molecule has 116 valence electrons. The highest BCUT2D eigenvalue weighted by Crippen LogP contribution is 2.32. The van der Waals surface area contributed by atoms with E-state index in [0.717, 1.165) is 22.8 Å². The van der Waals surface area contributed by atoms with Gasteiger partial charge in [0.1, 0.15) is 13.2 Å². The van der Waals surface area contributed by atoms with E-state index in [4.69, 9.17) is 15.2 Å². The maximum absolute atomic E-state index is 12.0. The Morgan fingerprint density at radius 2 is 2.10 bits per heavy atom. The van der Waals surface area contributed by atoms with Crippen molar-refractivity contribution in [3.63, 3.8) is 0 Å². The van der Waals surface area contributed by atoms with Crippen LogP contribution in [-0.4, -0.2) is 37.2 Å². The number of rotatable bonds is 6. The quantitative estimate of drug-likeness (QED) is 0.837. The van der Waals surface area contributed by atoms with Gasteiger partial charge in [0.15, 0.2) is 11.5 Å². The standard InChI is InChI=1S/C15H22N2O3S/c1-10(17-15(18)12(16)5-8-21-2)11-3-4-13-14(9-11)20-7-6-19-13/h3-4,9-10,12H,5-8,16H2,1-2H3,(H,17,18)/t10?,12-/m1/s1. The molecule has 0 fully saturated rings. The van der Waals surface area contributed by atoms with Gasteiger partial charge in [0, 0.05) is 0 Å². The summed E-state index contributed by atoms with van der Waals surface area (Å²) in [6, 6.07) is 5.14. The second-order valence-electron chi connectivity index (χ2n) is 5.02. The van der Waals surface area contributed by atoms with E-state index in [0.29, 0.717) is 19.6 Å². The highest BCUT2D eigenvalue weighted by molar-refractivity contribution is 7.98. The van der Waals surface area contributed by atoms with Crippen molar-refractivity contribution in [1.29, 1.82) is 0 Å². The number of hydrogen-bond acceptors (Lipinski definition) is 5. The number of hydrogen-bond donors (Lipinski definition) is 2. The third-order valence-corrected chi connectivity index (χ3v) is 4.04. The number of carbonyl (C=O) groups excluding carboxylic acids is 1. The Labute approximate surface area is 129 Å². The molecule has 0 aliphatic carbocycles. The Morgan fingerprint density at radius 1 is 1.38 bits per heavy atom. The number of amides is 1. The van der Waals surface area contributed by atoms with Gasteiger partial charge in [-0.25, -0.2) is 0 Å². The van der Waals surface area contributed by atoms with Crippen LogP contribution in [0.1, 0.15) is 24.9 Å². The zero-order valence-corrected chi connectivity index (χ0v) is 13.2. The van der Waals surface area contributed by atoms with Gasteiger partial charge in [0.05, 0.1) is 12.1 Å². The van der Waals surface area contributed by atoms with Gasteiger partial charge in [0.25, 0.3) is 0 Å². The summed E-state index contributed by atoms with van der Waals surface area (Å²) in [4.78, 5) is 12.0. The third-order valence-electron chi connectivity index (χ3n) is 3.39. The normalized spacial score (nSPS) is 16.1. The number of nitrogens with one attached hydrogen (secondary N) is 1. The summed E-state index contributed by atoms with van der Waals surface area (Å²) in [6.45, 7) is 3.06. The number of fused-ring (bicyclic) bond motifs is 1. The molecule has 1 aromatic rings. The van der Waals surface area contributed by atoms with Gasteiger partial charge < -0.3 is 20.5 Å². The zero-order chi connectivity index (χ0) is 15.2. The lowest BCUT2D eigenvalue weighted by atomic mass is 10.1. The molecule has 1 aromatic carbocycles. The van der Waals surface area contributed by atoms with Crippen molar-refractivity contribution in [3.05, 3.63) is 23.8 Å². The summed E-state index contributed by atoms with van der Waals surface area (Å²) in [7, 11) is 0. The summed E-state index contributed by atoms with van der Waals surface area (Å²) in [5, 5.41) is 2.94. The van der Waals surface area contributed by atoms with Crippen LogP contribution < -0.4 is 20.5 Å². The fraction of sp³-hybridized carbons (Fsp3) is 0.533. The molecule has 6 heteroatoms. The van der Waals surface area contributed by atoms with Crippen LogP contribution in [-0.2, 0) is 4.79 Å². The molecule has 1 aliphatic heterocycles. The van der Waals surface area contributed by atoms with Crippen LogP contribution in [0.2, 0.25) is 0 Å². The van der Waals surface area contributed by atoms with Crippen LogP contribution in [0, 0.1) is 0 Å². The van der Waals surface area contributed by atoms with Crippen LogP contribution in [0.3, 0.4) is 0 Å². The van der Waals surface area contributed by atoms with Crippen molar-refractivity contribution in [2.45, 2.75) is 25.4 Å². The number of ether oxygens (including phenoxy) is 2. The van der Waals surface area contributed by atoms with Crippen molar-refractivity contribution in [1.82, 2.24) is 5.32 Å². The minimum absolute atomic E-state index is 0.117. The second-order valence-corrected chi connectivity index (χ2v) is 6.01. The van der Waals surface area contributed by atoms with E-state index in [1.165, 1.54) is 0 Å². The van der Waals surface area contributed by atoms with Crippen LogP contribution in [0.25, 0.3) is 0 Å². The molecule has 2 rings (SSSR count). The van der Waals surface area contributed by atoms with Crippen molar-refractivity contribution >= 4 is 17.7 Å². The first kappa shape index (κ1) is 16.0. The lowest BCUT2D eigenvalue weighted by Gasteiger charge is -2.22. The zero-order valence-electron chi connectivity index (χ0n) is 12.4. The summed E-state index contributed by atoms with van der Waals surface area (Å²) < 4.78 is 11.0. The SMILES string of the molecule is CSCC[C@@H](N)C(=O)NC(C)c1ccc2c(c1)OCCO2. The molecule has 0 saturated carbocycles. The summed E-state index contributed by atoms with van der Waals surface area (Å²) in [5.41, 5.74) is 6.85. The first-order chi connectivity index (χ1) is 10.1. The number of thioether (sulfide) groups is 1. The molecule has 0 spiro atoms. The third kappa shape index (κ3) is 4.28. The van der Waals surface area contributed by atoms with Gasteiger partial charge in [-0.15, -0.1) is 0 Å². The van der Waals surface area contributed by atoms with Crippen molar-refractivity contribution in [3.8, 4) is 11.5 Å². The first-order valence-electron chi connectivity index (χ1n) is 7.06. The first-order valence-corrected chi connectivity index (χ1v) is 8.45. The molecule has 5 nitrogen and oxygen atoms in total. The van der Waals surface area contributed by atoms with Crippen molar-refractivity contribution in [2.75, 3.05) is 25.2 Å². The molecule has 0 bridgehead atoms. The van der Waals surface area contributed by atoms with E-state index in [1.54, 1.807) is 11.8 Å². The largest absolute Gasteiger partial charge is 0.486 e. The van der Waals surface area contributed by atoms with Gasteiger partial charge in [-0.3, -0.25) is 4.79 Å². The van der Waals surface area contributed by atoms with E-state index < -0.39 is 6.04 Å². The Morgan fingerprint density at radius 3 is 2.81 bits per heavy atom. The highest BCUT2D eigenvalue weighted by Gasteiger charge is 2.18. The average Bonchev–Trinajstić information content (AvgIpc) is 2.51. The highest BCUT2D eigenvalue weighted by atomic mass is 32.2. The lowest BCUT2D eigenvalue weighted by molar-refractivity contribution is -0.123. The van der Waals surface area contributed by atoms with Crippen molar-refractivity contribution < 1.29 is 14.3 Å². The molecule has 1 aliphatic rings. The Bertz CT molecular complexity index is 496. The van der Waals surface area contributed by atoms with Gasteiger partial charge in [-0.2, -0.15) is 11.8 Å². The molecule has 1 unspecified atom stereocenters. The lowest BCUT2D eigenvalue weighted by Crippen LogP contribution is -2.41. The van der Waals surface area contributed by atoms with Gasteiger partial charge in [0.2, 0.25) is 5.91 Å². The maximum atomic E-state index is 12.0. The monoisotopic (exact) mass is 310 g/mol. The van der Waals surface area contributed by atoms with E-state index in [1.807, 2.05) is 31.4 Å². The molecule has 21 heavy (non-hydrogen) atoms.